The SMILES string of the molecule is CCOc1cc(/C=C2\C(=O)NC(=O)N(c3ccc(Br)cc3)C2=O)cc(Cl)c1OCc1ccccc1Cl. The zero-order valence-electron chi connectivity index (χ0n) is 18.9. The summed E-state index contributed by atoms with van der Waals surface area (Å²) in [5, 5.41) is 2.97. The van der Waals surface area contributed by atoms with Gasteiger partial charge in [0.25, 0.3) is 11.8 Å². The molecule has 3 aromatic carbocycles. The molecular formula is C26H19BrCl2N2O5. The van der Waals surface area contributed by atoms with Gasteiger partial charge < -0.3 is 9.47 Å². The zero-order valence-corrected chi connectivity index (χ0v) is 22.0. The van der Waals surface area contributed by atoms with Crippen LogP contribution in [0.5, 0.6) is 11.5 Å². The smallest absolute Gasteiger partial charge is 0.335 e. The fourth-order valence-electron chi connectivity index (χ4n) is 3.49. The highest BCUT2D eigenvalue weighted by Crippen LogP contribution is 2.38. The Morgan fingerprint density at radius 1 is 0.972 bits per heavy atom. The van der Waals surface area contributed by atoms with E-state index in [4.69, 9.17) is 32.7 Å². The number of anilines is 1. The third-order valence-corrected chi connectivity index (χ3v) is 6.34. The van der Waals surface area contributed by atoms with E-state index in [9.17, 15) is 14.4 Å². The van der Waals surface area contributed by atoms with Gasteiger partial charge in [-0.25, -0.2) is 9.69 Å². The van der Waals surface area contributed by atoms with Crippen molar-refractivity contribution in [2.45, 2.75) is 13.5 Å². The van der Waals surface area contributed by atoms with Crippen LogP contribution < -0.4 is 19.7 Å². The second kappa shape index (κ2) is 11.2. The largest absolute Gasteiger partial charge is 0.490 e. The van der Waals surface area contributed by atoms with Crippen molar-refractivity contribution < 1.29 is 23.9 Å². The van der Waals surface area contributed by atoms with E-state index in [2.05, 4.69) is 21.2 Å². The molecule has 0 radical (unpaired) electrons. The second-order valence-corrected chi connectivity index (χ2v) is 9.31. The van der Waals surface area contributed by atoms with E-state index in [0.29, 0.717) is 34.4 Å². The van der Waals surface area contributed by atoms with E-state index >= 15 is 0 Å². The third kappa shape index (κ3) is 5.56. The first kappa shape index (κ1) is 25.8. The van der Waals surface area contributed by atoms with E-state index in [1.807, 2.05) is 18.2 Å². The number of nitrogens with one attached hydrogen (secondary N) is 1. The Balaban J connectivity index is 1.66. The molecule has 36 heavy (non-hydrogen) atoms. The third-order valence-electron chi connectivity index (χ3n) is 5.16. The molecule has 1 saturated heterocycles. The quantitative estimate of drug-likeness (QED) is 0.255. The van der Waals surface area contributed by atoms with E-state index in [-0.39, 0.29) is 17.2 Å². The zero-order chi connectivity index (χ0) is 25.8. The van der Waals surface area contributed by atoms with Gasteiger partial charge in [0.1, 0.15) is 12.2 Å². The second-order valence-electron chi connectivity index (χ2n) is 7.58. The van der Waals surface area contributed by atoms with E-state index in [0.717, 1.165) is 14.9 Å². The van der Waals surface area contributed by atoms with Crippen molar-refractivity contribution >= 4 is 68.7 Å². The molecule has 1 heterocycles. The Morgan fingerprint density at radius 3 is 2.39 bits per heavy atom. The Hall–Kier alpha value is -3.33. The van der Waals surface area contributed by atoms with Gasteiger partial charge in [0.15, 0.2) is 11.5 Å². The summed E-state index contributed by atoms with van der Waals surface area (Å²) in [5.74, 6) is -0.953. The van der Waals surface area contributed by atoms with Gasteiger partial charge in [-0.2, -0.15) is 0 Å². The molecule has 10 heteroatoms. The van der Waals surface area contributed by atoms with Crippen molar-refractivity contribution in [2.24, 2.45) is 0 Å². The molecule has 4 rings (SSSR count). The minimum atomic E-state index is -0.833. The summed E-state index contributed by atoms with van der Waals surface area (Å²) in [6.45, 7) is 2.28. The normalized spacial score (nSPS) is 14.7. The average molecular weight is 590 g/mol. The van der Waals surface area contributed by atoms with E-state index < -0.39 is 17.8 Å². The number of carbonyl (C=O) groups excluding carboxylic acids is 3. The number of halogens is 3. The topological polar surface area (TPSA) is 84.9 Å². The minimum Gasteiger partial charge on any atom is -0.490 e. The number of carbonyl (C=O) groups is 3. The molecule has 184 valence electrons. The number of benzene rings is 3. The van der Waals surface area contributed by atoms with Crippen LogP contribution >= 0.6 is 39.1 Å². The summed E-state index contributed by atoms with van der Waals surface area (Å²) < 4.78 is 12.4. The molecule has 1 aliphatic rings. The average Bonchev–Trinajstić information content (AvgIpc) is 2.83. The lowest BCUT2D eigenvalue weighted by Gasteiger charge is -2.26. The van der Waals surface area contributed by atoms with Crippen molar-refractivity contribution in [1.29, 1.82) is 0 Å². The maximum Gasteiger partial charge on any atom is 0.335 e. The molecule has 4 amide bonds. The van der Waals surface area contributed by atoms with Crippen LogP contribution in [0.2, 0.25) is 10.0 Å². The van der Waals surface area contributed by atoms with E-state index in [1.54, 1.807) is 49.4 Å². The lowest BCUT2D eigenvalue weighted by Crippen LogP contribution is -2.54. The highest BCUT2D eigenvalue weighted by molar-refractivity contribution is 9.10. The number of amides is 4. The Morgan fingerprint density at radius 2 is 1.69 bits per heavy atom. The van der Waals surface area contributed by atoms with Gasteiger partial charge in [0, 0.05) is 15.1 Å². The first-order valence-corrected chi connectivity index (χ1v) is 12.3. The first-order chi connectivity index (χ1) is 17.3. The summed E-state index contributed by atoms with van der Waals surface area (Å²) in [7, 11) is 0. The summed E-state index contributed by atoms with van der Waals surface area (Å²) in [5.41, 5.74) is 1.26. The molecule has 7 nitrogen and oxygen atoms in total. The van der Waals surface area contributed by atoms with Gasteiger partial charge in [0.2, 0.25) is 0 Å². The molecule has 0 aliphatic carbocycles. The fraction of sp³-hybridized carbons (Fsp3) is 0.115. The van der Waals surface area contributed by atoms with Crippen molar-refractivity contribution in [2.75, 3.05) is 11.5 Å². The molecule has 1 N–H and O–H groups in total. The van der Waals surface area contributed by atoms with Crippen LogP contribution in [-0.2, 0) is 16.2 Å². The van der Waals surface area contributed by atoms with Gasteiger partial charge in [0.05, 0.1) is 17.3 Å². The molecule has 1 fully saturated rings. The molecule has 0 atom stereocenters. The molecule has 3 aromatic rings. The van der Waals surface area contributed by atoms with Gasteiger partial charge in [-0.3, -0.25) is 14.9 Å². The summed E-state index contributed by atoms with van der Waals surface area (Å²) in [6.07, 6.45) is 1.35. The Bertz CT molecular complexity index is 1380. The predicted molar refractivity (Wildman–Crippen MR) is 142 cm³/mol. The number of imide groups is 2. The maximum atomic E-state index is 13.2. The van der Waals surface area contributed by atoms with E-state index in [1.165, 1.54) is 6.08 Å². The van der Waals surface area contributed by atoms with Crippen LogP contribution in [-0.4, -0.2) is 24.5 Å². The standard InChI is InChI=1S/C26H19BrCl2N2O5/c1-2-35-22-13-15(12-21(29)23(22)36-14-16-5-3-4-6-20(16)28)11-19-24(32)30-26(34)31(25(19)33)18-9-7-17(27)8-10-18/h3-13H,2,14H2,1H3,(H,30,32,34)/b19-11+. The number of rotatable bonds is 7. The van der Waals surface area contributed by atoms with Gasteiger partial charge in [-0.1, -0.05) is 57.3 Å². The van der Waals surface area contributed by atoms with Crippen LogP contribution in [0.4, 0.5) is 10.5 Å². The monoisotopic (exact) mass is 588 g/mol. The highest BCUT2D eigenvalue weighted by Gasteiger charge is 2.36. The number of hydrogen-bond donors (Lipinski definition) is 1. The molecule has 0 aromatic heterocycles. The fourth-order valence-corrected chi connectivity index (χ4v) is 4.22. The van der Waals surface area contributed by atoms with Crippen LogP contribution in [0.15, 0.2) is 70.7 Å². The van der Waals surface area contributed by atoms with Crippen molar-refractivity contribution in [3.8, 4) is 11.5 Å². The summed E-state index contributed by atoms with van der Waals surface area (Å²) >= 11 is 16.0. The van der Waals surface area contributed by atoms with Crippen LogP contribution in [0.25, 0.3) is 6.08 Å². The van der Waals surface area contributed by atoms with Gasteiger partial charge >= 0.3 is 6.03 Å². The number of urea groups is 1. The van der Waals surface area contributed by atoms with Crippen LogP contribution in [0.3, 0.4) is 0 Å². The van der Waals surface area contributed by atoms with Gasteiger partial charge in [-0.05, 0) is 61.0 Å². The van der Waals surface area contributed by atoms with Gasteiger partial charge in [-0.15, -0.1) is 0 Å². The molecule has 1 aliphatic heterocycles. The predicted octanol–water partition coefficient (Wildman–Crippen LogP) is 6.40. The van der Waals surface area contributed by atoms with Crippen LogP contribution in [0.1, 0.15) is 18.1 Å². The number of hydrogen-bond acceptors (Lipinski definition) is 5. The van der Waals surface area contributed by atoms with Crippen molar-refractivity contribution in [3.05, 3.63) is 91.9 Å². The van der Waals surface area contributed by atoms with Crippen LogP contribution in [0, 0.1) is 0 Å². The number of barbiturate groups is 1. The summed E-state index contributed by atoms with van der Waals surface area (Å²) in [6, 6.07) is 16.1. The minimum absolute atomic E-state index is 0.158. The maximum absolute atomic E-state index is 13.2. The van der Waals surface area contributed by atoms with Crippen molar-refractivity contribution in [3.63, 3.8) is 0 Å². The summed E-state index contributed by atoms with van der Waals surface area (Å²) in [4.78, 5) is 39.0. The molecule has 0 unspecified atom stereocenters. The Kier molecular flexibility index (Phi) is 7.98. The number of ether oxygens (including phenoxy) is 2. The Labute approximate surface area is 225 Å². The highest BCUT2D eigenvalue weighted by atomic mass is 79.9. The lowest BCUT2D eigenvalue weighted by molar-refractivity contribution is -0.122. The molecule has 0 saturated carbocycles. The first-order valence-electron chi connectivity index (χ1n) is 10.8. The molecule has 0 bridgehead atoms. The molecular weight excluding hydrogens is 571 g/mol. The van der Waals surface area contributed by atoms with Crippen molar-refractivity contribution in [1.82, 2.24) is 5.32 Å². The number of nitrogens with zero attached hydrogens (tertiary/aromatic N) is 1. The lowest BCUT2D eigenvalue weighted by atomic mass is 10.1. The molecule has 0 spiro atoms.